The monoisotopic (exact) mass is 179 g/mol. The maximum absolute atomic E-state index is 5.57. The molecule has 0 saturated carbocycles. The van der Waals surface area contributed by atoms with E-state index in [2.05, 4.69) is 10.6 Å². The molecule has 0 bridgehead atoms. The zero-order chi connectivity index (χ0) is 9.52. The van der Waals surface area contributed by atoms with E-state index in [1.807, 2.05) is 31.3 Å². The third-order valence-corrected chi connectivity index (χ3v) is 1.84. The molecule has 0 aliphatic carbocycles. The molecule has 13 heavy (non-hydrogen) atoms. The molecular formula is C10H17N3. The molecule has 0 radical (unpaired) electrons. The minimum atomic E-state index is 0.806. The zero-order valence-corrected chi connectivity index (χ0v) is 8.01. The van der Waals surface area contributed by atoms with E-state index in [9.17, 15) is 0 Å². The number of hydrogen-bond acceptors (Lipinski definition) is 3. The lowest BCUT2D eigenvalue weighted by Crippen LogP contribution is -2.12. The fourth-order valence-electron chi connectivity index (χ4n) is 1.10. The van der Waals surface area contributed by atoms with Crippen LogP contribution in [0.5, 0.6) is 0 Å². The summed E-state index contributed by atoms with van der Waals surface area (Å²) in [4.78, 5) is 0. The van der Waals surface area contributed by atoms with E-state index in [0.717, 1.165) is 30.9 Å². The van der Waals surface area contributed by atoms with Crippen LogP contribution in [0.25, 0.3) is 0 Å². The van der Waals surface area contributed by atoms with Crippen molar-refractivity contribution >= 4 is 11.4 Å². The SMILES string of the molecule is CNCCCNc1ccc(N)cc1. The fourth-order valence-corrected chi connectivity index (χ4v) is 1.10. The number of anilines is 2. The van der Waals surface area contributed by atoms with Gasteiger partial charge in [0.2, 0.25) is 0 Å². The Morgan fingerprint density at radius 2 is 1.85 bits per heavy atom. The molecular weight excluding hydrogens is 162 g/mol. The molecule has 1 aromatic carbocycles. The van der Waals surface area contributed by atoms with Crippen molar-refractivity contribution in [1.29, 1.82) is 0 Å². The minimum Gasteiger partial charge on any atom is -0.399 e. The second-order valence-electron chi connectivity index (χ2n) is 3.01. The second kappa shape index (κ2) is 5.43. The van der Waals surface area contributed by atoms with E-state index in [-0.39, 0.29) is 0 Å². The molecule has 3 heteroatoms. The molecule has 0 aliphatic rings. The smallest absolute Gasteiger partial charge is 0.0341 e. The highest BCUT2D eigenvalue weighted by molar-refractivity contribution is 5.50. The molecule has 72 valence electrons. The molecule has 0 aliphatic heterocycles. The van der Waals surface area contributed by atoms with Crippen LogP contribution in [-0.4, -0.2) is 20.1 Å². The van der Waals surface area contributed by atoms with Crippen LogP contribution in [0.2, 0.25) is 0 Å². The minimum absolute atomic E-state index is 0.806. The van der Waals surface area contributed by atoms with Crippen molar-refractivity contribution in [3.05, 3.63) is 24.3 Å². The van der Waals surface area contributed by atoms with Gasteiger partial charge in [-0.2, -0.15) is 0 Å². The van der Waals surface area contributed by atoms with Crippen LogP contribution in [-0.2, 0) is 0 Å². The number of benzene rings is 1. The summed E-state index contributed by atoms with van der Waals surface area (Å²) < 4.78 is 0. The predicted molar refractivity (Wildman–Crippen MR) is 57.9 cm³/mol. The van der Waals surface area contributed by atoms with E-state index in [1.54, 1.807) is 0 Å². The summed E-state index contributed by atoms with van der Waals surface area (Å²) in [5.74, 6) is 0. The van der Waals surface area contributed by atoms with Crippen molar-refractivity contribution in [3.63, 3.8) is 0 Å². The van der Waals surface area contributed by atoms with Crippen molar-refractivity contribution in [2.24, 2.45) is 0 Å². The molecule has 0 aromatic heterocycles. The van der Waals surface area contributed by atoms with Gasteiger partial charge < -0.3 is 16.4 Å². The topological polar surface area (TPSA) is 50.1 Å². The Labute approximate surface area is 79.3 Å². The van der Waals surface area contributed by atoms with Crippen LogP contribution in [0.15, 0.2) is 24.3 Å². The molecule has 0 unspecified atom stereocenters. The lowest BCUT2D eigenvalue weighted by Gasteiger charge is -2.05. The second-order valence-corrected chi connectivity index (χ2v) is 3.01. The Morgan fingerprint density at radius 1 is 1.15 bits per heavy atom. The Morgan fingerprint density at radius 3 is 2.46 bits per heavy atom. The average molecular weight is 179 g/mol. The summed E-state index contributed by atoms with van der Waals surface area (Å²) in [6.45, 7) is 2.03. The van der Waals surface area contributed by atoms with Gasteiger partial charge in [0.15, 0.2) is 0 Å². The highest BCUT2D eigenvalue weighted by Crippen LogP contribution is 2.09. The van der Waals surface area contributed by atoms with Gasteiger partial charge in [0.25, 0.3) is 0 Å². The van der Waals surface area contributed by atoms with E-state index >= 15 is 0 Å². The third kappa shape index (κ3) is 3.80. The molecule has 0 saturated heterocycles. The highest BCUT2D eigenvalue weighted by atomic mass is 14.9. The van der Waals surface area contributed by atoms with Crippen LogP contribution in [0.1, 0.15) is 6.42 Å². The molecule has 4 N–H and O–H groups in total. The molecule has 3 nitrogen and oxygen atoms in total. The quantitative estimate of drug-likeness (QED) is 0.471. The molecule has 0 fully saturated rings. The maximum atomic E-state index is 5.57. The fraction of sp³-hybridized carbons (Fsp3) is 0.400. The summed E-state index contributed by atoms with van der Waals surface area (Å²) in [6.07, 6.45) is 1.13. The summed E-state index contributed by atoms with van der Waals surface area (Å²) in [5, 5.41) is 6.41. The summed E-state index contributed by atoms with van der Waals surface area (Å²) in [6, 6.07) is 7.80. The summed E-state index contributed by atoms with van der Waals surface area (Å²) in [7, 11) is 1.96. The van der Waals surface area contributed by atoms with Gasteiger partial charge >= 0.3 is 0 Å². The van der Waals surface area contributed by atoms with Gasteiger partial charge in [0.05, 0.1) is 0 Å². The Hall–Kier alpha value is -1.22. The largest absolute Gasteiger partial charge is 0.399 e. The standard InChI is InChI=1S/C10H17N3/c1-12-7-2-8-13-10-5-3-9(11)4-6-10/h3-6,12-13H,2,7-8,11H2,1H3. The highest BCUT2D eigenvalue weighted by Gasteiger charge is 1.90. The average Bonchev–Trinajstić information content (AvgIpc) is 2.15. The number of rotatable bonds is 5. The van der Waals surface area contributed by atoms with E-state index in [1.165, 1.54) is 0 Å². The molecule has 0 atom stereocenters. The van der Waals surface area contributed by atoms with Gasteiger partial charge in [0.1, 0.15) is 0 Å². The van der Waals surface area contributed by atoms with E-state index in [0.29, 0.717) is 0 Å². The predicted octanol–water partition coefficient (Wildman–Crippen LogP) is 1.29. The number of nitrogen functional groups attached to an aromatic ring is 1. The molecule has 0 amide bonds. The Bertz CT molecular complexity index is 230. The van der Waals surface area contributed by atoms with Crippen LogP contribution < -0.4 is 16.4 Å². The van der Waals surface area contributed by atoms with Crippen LogP contribution in [0.3, 0.4) is 0 Å². The van der Waals surface area contributed by atoms with E-state index in [4.69, 9.17) is 5.73 Å². The van der Waals surface area contributed by atoms with Gasteiger partial charge in [0, 0.05) is 17.9 Å². The van der Waals surface area contributed by atoms with Gasteiger partial charge in [-0.3, -0.25) is 0 Å². The van der Waals surface area contributed by atoms with E-state index < -0.39 is 0 Å². The Balaban J connectivity index is 2.25. The van der Waals surface area contributed by atoms with Crippen molar-refractivity contribution < 1.29 is 0 Å². The molecule has 1 aromatic rings. The first-order chi connectivity index (χ1) is 6.33. The molecule has 0 heterocycles. The van der Waals surface area contributed by atoms with Crippen molar-refractivity contribution in [2.45, 2.75) is 6.42 Å². The van der Waals surface area contributed by atoms with Gasteiger partial charge in [-0.05, 0) is 44.3 Å². The normalized spacial score (nSPS) is 9.92. The van der Waals surface area contributed by atoms with Crippen molar-refractivity contribution in [3.8, 4) is 0 Å². The van der Waals surface area contributed by atoms with Crippen LogP contribution in [0, 0.1) is 0 Å². The first kappa shape index (κ1) is 9.86. The lowest BCUT2D eigenvalue weighted by atomic mass is 10.3. The lowest BCUT2D eigenvalue weighted by molar-refractivity contribution is 0.748. The van der Waals surface area contributed by atoms with Crippen LogP contribution in [0.4, 0.5) is 11.4 Å². The third-order valence-electron chi connectivity index (χ3n) is 1.84. The number of nitrogens with two attached hydrogens (primary N) is 1. The molecule has 1 rings (SSSR count). The summed E-state index contributed by atoms with van der Waals surface area (Å²) in [5.41, 5.74) is 7.50. The first-order valence-corrected chi connectivity index (χ1v) is 4.57. The van der Waals surface area contributed by atoms with Crippen LogP contribution >= 0.6 is 0 Å². The summed E-state index contributed by atoms with van der Waals surface area (Å²) >= 11 is 0. The number of hydrogen-bond donors (Lipinski definition) is 3. The van der Waals surface area contributed by atoms with Gasteiger partial charge in [-0.1, -0.05) is 0 Å². The maximum Gasteiger partial charge on any atom is 0.0341 e. The Kier molecular flexibility index (Phi) is 4.12. The zero-order valence-electron chi connectivity index (χ0n) is 8.01. The van der Waals surface area contributed by atoms with Gasteiger partial charge in [-0.15, -0.1) is 0 Å². The first-order valence-electron chi connectivity index (χ1n) is 4.57. The van der Waals surface area contributed by atoms with Crippen molar-refractivity contribution in [1.82, 2.24) is 5.32 Å². The van der Waals surface area contributed by atoms with Crippen molar-refractivity contribution in [2.75, 3.05) is 31.2 Å². The van der Waals surface area contributed by atoms with Gasteiger partial charge in [-0.25, -0.2) is 0 Å². The number of nitrogens with one attached hydrogen (secondary N) is 2. The molecule has 0 spiro atoms.